The molecule has 1 fully saturated rings. The lowest BCUT2D eigenvalue weighted by atomic mass is 10.2. The van der Waals surface area contributed by atoms with Crippen LogP contribution in [0, 0.1) is 0 Å². The number of carbonyl (C=O) groups excluding carboxylic acids is 1. The molecular weight excluding hydrogens is 310 g/mol. The third-order valence-corrected chi connectivity index (χ3v) is 4.31. The number of ether oxygens (including phenoxy) is 1. The van der Waals surface area contributed by atoms with Crippen LogP contribution >= 0.6 is 24.0 Å². The largest absolute Gasteiger partial charge is 0.497 e. The van der Waals surface area contributed by atoms with Crippen LogP contribution in [0.4, 0.5) is 0 Å². The first kappa shape index (κ1) is 15.5. The molecule has 1 unspecified atom stereocenters. The Labute approximate surface area is 131 Å². The van der Waals surface area contributed by atoms with Gasteiger partial charge in [-0.15, -0.1) is 0 Å². The van der Waals surface area contributed by atoms with E-state index < -0.39 is 12.0 Å². The summed E-state index contributed by atoms with van der Waals surface area (Å²) in [5, 5.41) is 9.02. The lowest BCUT2D eigenvalue weighted by Crippen LogP contribution is -2.41. The minimum absolute atomic E-state index is 0.259. The molecule has 1 saturated heterocycles. The normalized spacial score (nSPS) is 18.2. The van der Waals surface area contributed by atoms with Crippen LogP contribution in [-0.2, 0) is 9.59 Å². The van der Waals surface area contributed by atoms with Crippen molar-refractivity contribution in [2.75, 3.05) is 7.11 Å². The van der Waals surface area contributed by atoms with Crippen molar-refractivity contribution in [1.29, 1.82) is 0 Å². The number of hydrogen-bond acceptors (Lipinski definition) is 5. The van der Waals surface area contributed by atoms with Gasteiger partial charge in [0, 0.05) is 0 Å². The molecular formula is C14H13NO4S2. The molecule has 1 aromatic rings. The van der Waals surface area contributed by atoms with Gasteiger partial charge in [0.2, 0.25) is 0 Å². The van der Waals surface area contributed by atoms with E-state index in [0.29, 0.717) is 4.91 Å². The first-order valence-corrected chi connectivity index (χ1v) is 7.30. The van der Waals surface area contributed by atoms with Crippen LogP contribution in [0.1, 0.15) is 12.5 Å². The molecule has 0 spiro atoms. The molecule has 1 aliphatic rings. The van der Waals surface area contributed by atoms with Crippen LogP contribution in [0.2, 0.25) is 0 Å². The van der Waals surface area contributed by atoms with E-state index in [2.05, 4.69) is 0 Å². The summed E-state index contributed by atoms with van der Waals surface area (Å²) in [6.07, 6.45) is 1.69. The monoisotopic (exact) mass is 323 g/mol. The summed E-state index contributed by atoms with van der Waals surface area (Å²) < 4.78 is 5.32. The fourth-order valence-corrected chi connectivity index (χ4v) is 3.19. The molecule has 0 saturated carbocycles. The lowest BCUT2D eigenvalue weighted by Gasteiger charge is -2.18. The number of methoxy groups -OCH3 is 1. The van der Waals surface area contributed by atoms with Gasteiger partial charge in [-0.05, 0) is 30.7 Å². The third-order valence-electron chi connectivity index (χ3n) is 2.98. The maximum atomic E-state index is 12.3. The van der Waals surface area contributed by atoms with E-state index in [1.165, 1.54) is 6.92 Å². The molecule has 1 N–H and O–H groups in total. The smallest absolute Gasteiger partial charge is 0.326 e. The van der Waals surface area contributed by atoms with E-state index in [-0.39, 0.29) is 10.2 Å². The number of carbonyl (C=O) groups is 2. The van der Waals surface area contributed by atoms with Crippen molar-refractivity contribution < 1.29 is 19.4 Å². The highest BCUT2D eigenvalue weighted by atomic mass is 32.2. The van der Waals surface area contributed by atoms with E-state index in [1.54, 1.807) is 25.3 Å². The fraction of sp³-hybridized carbons (Fsp3) is 0.214. The molecule has 1 heterocycles. The number of nitrogens with zero attached hydrogens (tertiary/aromatic N) is 1. The van der Waals surface area contributed by atoms with Gasteiger partial charge in [-0.3, -0.25) is 9.69 Å². The predicted molar refractivity (Wildman–Crippen MR) is 85.1 cm³/mol. The van der Waals surface area contributed by atoms with Crippen LogP contribution < -0.4 is 4.74 Å². The maximum absolute atomic E-state index is 12.3. The van der Waals surface area contributed by atoms with E-state index in [1.807, 2.05) is 12.1 Å². The molecule has 7 heteroatoms. The minimum atomic E-state index is -1.09. The molecule has 110 valence electrons. The van der Waals surface area contributed by atoms with Crippen molar-refractivity contribution in [1.82, 2.24) is 4.90 Å². The first-order chi connectivity index (χ1) is 9.93. The number of hydrogen-bond donors (Lipinski definition) is 1. The van der Waals surface area contributed by atoms with Crippen molar-refractivity contribution in [3.05, 3.63) is 34.7 Å². The molecule has 0 bridgehead atoms. The molecule has 1 amide bonds. The van der Waals surface area contributed by atoms with Crippen LogP contribution in [0.3, 0.4) is 0 Å². The van der Waals surface area contributed by atoms with Gasteiger partial charge in [0.25, 0.3) is 5.91 Å². The summed E-state index contributed by atoms with van der Waals surface area (Å²) in [6.45, 7) is 1.43. The highest BCUT2D eigenvalue weighted by Crippen LogP contribution is 2.34. The van der Waals surface area contributed by atoms with E-state index >= 15 is 0 Å². The summed E-state index contributed by atoms with van der Waals surface area (Å²) in [5.41, 5.74) is 0.819. The molecule has 0 aliphatic carbocycles. The van der Waals surface area contributed by atoms with E-state index in [4.69, 9.17) is 22.1 Å². The Hall–Kier alpha value is -1.86. The number of thioether (sulfide) groups is 1. The molecule has 1 aliphatic heterocycles. The summed E-state index contributed by atoms with van der Waals surface area (Å²) in [6, 6.07) is 6.22. The number of benzene rings is 1. The van der Waals surface area contributed by atoms with Gasteiger partial charge in [0.15, 0.2) is 0 Å². The van der Waals surface area contributed by atoms with E-state index in [9.17, 15) is 9.59 Å². The van der Waals surface area contributed by atoms with Gasteiger partial charge < -0.3 is 9.84 Å². The average Bonchev–Trinajstić information content (AvgIpc) is 2.73. The SMILES string of the molecule is COc1ccc(/C=C2/SC(=S)N(C(C)C(=O)O)C2=O)cc1. The number of carboxylic acid groups (broad SMARTS) is 1. The fourth-order valence-electron chi connectivity index (χ4n) is 1.78. The van der Waals surface area contributed by atoms with Gasteiger partial charge >= 0.3 is 5.97 Å². The number of thiocarbonyl (C=S) groups is 1. The zero-order valence-electron chi connectivity index (χ0n) is 11.4. The molecule has 0 radical (unpaired) electrons. The van der Waals surface area contributed by atoms with Crippen molar-refractivity contribution in [2.45, 2.75) is 13.0 Å². The molecule has 2 rings (SSSR count). The Morgan fingerprint density at radius 1 is 1.43 bits per heavy atom. The molecule has 0 aromatic heterocycles. The first-order valence-electron chi connectivity index (χ1n) is 6.08. The third kappa shape index (κ3) is 3.25. The zero-order valence-corrected chi connectivity index (χ0v) is 13.0. The molecule has 1 aromatic carbocycles. The van der Waals surface area contributed by atoms with Crippen molar-refractivity contribution in [2.24, 2.45) is 0 Å². The average molecular weight is 323 g/mol. The van der Waals surface area contributed by atoms with Crippen molar-refractivity contribution >= 4 is 46.3 Å². The Balaban J connectivity index is 2.25. The number of aliphatic carboxylic acids is 1. The summed E-state index contributed by atoms with van der Waals surface area (Å²) in [5.74, 6) is -0.744. The Bertz CT molecular complexity index is 624. The number of carboxylic acids is 1. The van der Waals surface area contributed by atoms with Crippen LogP contribution in [0.15, 0.2) is 29.2 Å². The predicted octanol–water partition coefficient (Wildman–Crippen LogP) is 2.37. The minimum Gasteiger partial charge on any atom is -0.497 e. The number of amides is 1. The standard InChI is InChI=1S/C14H13NO4S2/c1-8(13(17)18)15-12(16)11(21-14(15)20)7-9-3-5-10(19-2)6-4-9/h3-8H,1-2H3,(H,17,18)/b11-7+. The highest BCUT2D eigenvalue weighted by Gasteiger charge is 2.38. The van der Waals surface area contributed by atoms with Crippen molar-refractivity contribution in [3.8, 4) is 5.75 Å². The Morgan fingerprint density at radius 2 is 2.05 bits per heavy atom. The molecule has 21 heavy (non-hydrogen) atoms. The summed E-state index contributed by atoms with van der Waals surface area (Å²) in [4.78, 5) is 24.8. The van der Waals surface area contributed by atoms with Gasteiger partial charge in [-0.25, -0.2) is 4.79 Å². The molecule has 1 atom stereocenters. The molecule has 5 nitrogen and oxygen atoms in total. The summed E-state index contributed by atoms with van der Waals surface area (Å²) in [7, 11) is 1.58. The van der Waals surface area contributed by atoms with Gasteiger partial charge in [0.05, 0.1) is 12.0 Å². The summed E-state index contributed by atoms with van der Waals surface area (Å²) >= 11 is 6.20. The Morgan fingerprint density at radius 3 is 2.57 bits per heavy atom. The second-order valence-electron chi connectivity index (χ2n) is 4.34. The lowest BCUT2D eigenvalue weighted by molar-refractivity contribution is -0.144. The van der Waals surface area contributed by atoms with Gasteiger partial charge in [-0.2, -0.15) is 0 Å². The second-order valence-corrected chi connectivity index (χ2v) is 6.01. The zero-order chi connectivity index (χ0) is 15.6. The second kappa shape index (κ2) is 6.28. The Kier molecular flexibility index (Phi) is 4.64. The van der Waals surface area contributed by atoms with Crippen LogP contribution in [0.25, 0.3) is 6.08 Å². The van der Waals surface area contributed by atoms with Crippen LogP contribution in [-0.4, -0.2) is 39.4 Å². The van der Waals surface area contributed by atoms with Gasteiger partial charge in [0.1, 0.15) is 16.1 Å². The number of rotatable bonds is 4. The van der Waals surface area contributed by atoms with Crippen LogP contribution in [0.5, 0.6) is 5.75 Å². The van der Waals surface area contributed by atoms with Gasteiger partial charge in [-0.1, -0.05) is 36.1 Å². The van der Waals surface area contributed by atoms with E-state index in [0.717, 1.165) is 28.0 Å². The quantitative estimate of drug-likeness (QED) is 0.678. The highest BCUT2D eigenvalue weighted by molar-refractivity contribution is 8.26. The van der Waals surface area contributed by atoms with Crippen molar-refractivity contribution in [3.63, 3.8) is 0 Å². The maximum Gasteiger partial charge on any atom is 0.326 e. The topological polar surface area (TPSA) is 66.8 Å².